The fraction of sp³-hybridized carbons (Fsp3) is 0.200. The van der Waals surface area contributed by atoms with Crippen molar-refractivity contribution in [3.8, 4) is 11.5 Å². The van der Waals surface area contributed by atoms with Crippen molar-refractivity contribution in [2.75, 3.05) is 27.7 Å². The van der Waals surface area contributed by atoms with Gasteiger partial charge in [0.25, 0.3) is 0 Å². The number of para-hydroxylation sites is 2. The van der Waals surface area contributed by atoms with Crippen LogP contribution in [-0.2, 0) is 0 Å². The second-order valence-corrected chi connectivity index (χ2v) is 7.42. The number of ether oxygens (including phenoxy) is 2. The average molecular weight is 372 g/mol. The van der Waals surface area contributed by atoms with Crippen molar-refractivity contribution in [2.45, 2.75) is 5.92 Å². The van der Waals surface area contributed by atoms with E-state index < -0.39 is 0 Å². The molecule has 0 spiro atoms. The normalized spacial score (nSPS) is 15.9. The monoisotopic (exact) mass is 372 g/mol. The molecule has 3 aromatic rings. The summed E-state index contributed by atoms with van der Waals surface area (Å²) in [6.07, 6.45) is 0. The minimum absolute atomic E-state index is 0.154. The summed E-state index contributed by atoms with van der Waals surface area (Å²) in [5.74, 6) is 2.80. The molecule has 142 valence electrons. The highest BCUT2D eigenvalue weighted by Gasteiger charge is 2.33. The molecule has 1 atom stereocenters. The highest BCUT2D eigenvalue weighted by Crippen LogP contribution is 2.46. The Bertz CT molecular complexity index is 992. The summed E-state index contributed by atoms with van der Waals surface area (Å²) in [6, 6.07) is 27.1. The molecule has 1 aliphatic rings. The fourth-order valence-corrected chi connectivity index (χ4v) is 3.96. The third-order valence-corrected chi connectivity index (χ3v) is 5.11. The molecule has 0 saturated carbocycles. The second-order valence-electron chi connectivity index (χ2n) is 7.42. The molecule has 1 aliphatic heterocycles. The van der Waals surface area contributed by atoms with Gasteiger partial charge in [-0.2, -0.15) is 0 Å². The van der Waals surface area contributed by atoms with Crippen LogP contribution in [-0.4, -0.2) is 27.7 Å². The van der Waals surface area contributed by atoms with Crippen molar-refractivity contribution >= 4 is 5.76 Å². The van der Waals surface area contributed by atoms with Crippen molar-refractivity contribution in [1.29, 1.82) is 0 Å². The van der Waals surface area contributed by atoms with E-state index in [4.69, 9.17) is 9.47 Å². The molecule has 1 unspecified atom stereocenters. The van der Waals surface area contributed by atoms with E-state index in [2.05, 4.69) is 68.7 Å². The maximum Gasteiger partial charge on any atom is 0.144 e. The lowest BCUT2D eigenvalue weighted by Crippen LogP contribution is -3.06. The second kappa shape index (κ2) is 7.91. The molecule has 0 aliphatic carbocycles. The van der Waals surface area contributed by atoms with Crippen LogP contribution in [0, 0.1) is 0 Å². The van der Waals surface area contributed by atoms with Crippen molar-refractivity contribution in [2.24, 2.45) is 0 Å². The third-order valence-electron chi connectivity index (χ3n) is 5.11. The zero-order valence-corrected chi connectivity index (χ0v) is 16.6. The first-order valence-corrected chi connectivity index (χ1v) is 9.66. The Morgan fingerprint density at radius 3 is 2.29 bits per heavy atom. The van der Waals surface area contributed by atoms with Gasteiger partial charge in [-0.3, -0.25) is 0 Å². The maximum absolute atomic E-state index is 6.51. The van der Waals surface area contributed by atoms with Gasteiger partial charge in [-0.05, 0) is 23.8 Å². The van der Waals surface area contributed by atoms with Crippen molar-refractivity contribution < 1.29 is 14.4 Å². The van der Waals surface area contributed by atoms with Gasteiger partial charge in [0.05, 0.1) is 26.8 Å². The molecule has 0 saturated heterocycles. The topological polar surface area (TPSA) is 22.9 Å². The Labute approximate surface area is 166 Å². The average Bonchev–Trinajstić information content (AvgIpc) is 2.73. The Kier molecular flexibility index (Phi) is 5.18. The smallest absolute Gasteiger partial charge is 0.144 e. The van der Waals surface area contributed by atoms with Crippen LogP contribution in [0.25, 0.3) is 5.76 Å². The minimum atomic E-state index is 0.154. The van der Waals surface area contributed by atoms with E-state index in [0.717, 1.165) is 29.4 Å². The van der Waals surface area contributed by atoms with Gasteiger partial charge in [-0.25, -0.2) is 0 Å². The Morgan fingerprint density at radius 1 is 0.857 bits per heavy atom. The molecule has 0 amide bonds. The van der Waals surface area contributed by atoms with Gasteiger partial charge >= 0.3 is 0 Å². The zero-order valence-electron chi connectivity index (χ0n) is 16.6. The fourth-order valence-electron chi connectivity index (χ4n) is 3.96. The summed E-state index contributed by atoms with van der Waals surface area (Å²) < 4.78 is 12.2. The van der Waals surface area contributed by atoms with E-state index in [9.17, 15) is 0 Å². The Morgan fingerprint density at radius 2 is 1.54 bits per heavy atom. The lowest BCUT2D eigenvalue weighted by atomic mass is 9.81. The standard InChI is InChI=1S/C25H25NO2/c1-26(2)17-21-24(18-11-5-4-6-12-18)19-13-7-10-16-23(19)28-25(21)20-14-8-9-15-22(20)27-3/h4-16,24H,17H2,1-3H3/p+1. The van der Waals surface area contributed by atoms with Gasteiger partial charge in [0, 0.05) is 17.1 Å². The molecule has 0 aromatic heterocycles. The third kappa shape index (κ3) is 3.41. The first kappa shape index (κ1) is 18.3. The highest BCUT2D eigenvalue weighted by molar-refractivity contribution is 5.75. The summed E-state index contributed by atoms with van der Waals surface area (Å²) in [5, 5.41) is 0. The molecule has 1 N–H and O–H groups in total. The lowest BCUT2D eigenvalue weighted by Gasteiger charge is -2.32. The van der Waals surface area contributed by atoms with E-state index in [0.29, 0.717) is 0 Å². The van der Waals surface area contributed by atoms with Crippen LogP contribution in [0.15, 0.2) is 84.4 Å². The van der Waals surface area contributed by atoms with Crippen molar-refractivity contribution in [3.63, 3.8) is 0 Å². The SMILES string of the molecule is COc1ccccc1C1=C(C[NH+](C)C)C(c2ccccc2)c2ccccc2O1. The Balaban J connectivity index is 1.98. The van der Waals surface area contributed by atoms with Crippen LogP contribution < -0.4 is 14.4 Å². The van der Waals surface area contributed by atoms with Crippen LogP contribution in [0.5, 0.6) is 11.5 Å². The zero-order chi connectivity index (χ0) is 19.5. The molecule has 4 rings (SSSR count). The molecule has 28 heavy (non-hydrogen) atoms. The van der Waals surface area contributed by atoms with E-state index in [1.54, 1.807) is 7.11 Å². The quantitative estimate of drug-likeness (QED) is 0.737. The molecule has 3 nitrogen and oxygen atoms in total. The van der Waals surface area contributed by atoms with E-state index in [1.807, 2.05) is 24.3 Å². The van der Waals surface area contributed by atoms with E-state index in [1.165, 1.54) is 21.6 Å². The van der Waals surface area contributed by atoms with Crippen molar-refractivity contribution in [3.05, 3.63) is 101 Å². The summed E-state index contributed by atoms with van der Waals surface area (Å²) in [7, 11) is 6.06. The number of quaternary nitrogens is 1. The van der Waals surface area contributed by atoms with Crippen LogP contribution in [0.1, 0.15) is 22.6 Å². The van der Waals surface area contributed by atoms with Gasteiger partial charge in [-0.15, -0.1) is 0 Å². The first-order valence-electron chi connectivity index (χ1n) is 9.66. The van der Waals surface area contributed by atoms with Crippen molar-refractivity contribution in [1.82, 2.24) is 0 Å². The molecule has 0 radical (unpaired) electrons. The predicted molar refractivity (Wildman–Crippen MR) is 113 cm³/mol. The molecule has 0 fully saturated rings. The number of hydrogen-bond acceptors (Lipinski definition) is 2. The van der Waals surface area contributed by atoms with E-state index >= 15 is 0 Å². The highest BCUT2D eigenvalue weighted by atomic mass is 16.5. The van der Waals surface area contributed by atoms with Gasteiger partial charge in [0.15, 0.2) is 0 Å². The Hall–Kier alpha value is -3.04. The lowest BCUT2D eigenvalue weighted by molar-refractivity contribution is -0.853. The molecular formula is C25H26NO2+. The van der Waals surface area contributed by atoms with Gasteiger partial charge in [-0.1, -0.05) is 60.7 Å². The van der Waals surface area contributed by atoms with E-state index in [-0.39, 0.29) is 5.92 Å². The summed E-state index contributed by atoms with van der Waals surface area (Å²) in [4.78, 5) is 1.35. The number of rotatable bonds is 5. The summed E-state index contributed by atoms with van der Waals surface area (Å²) in [6.45, 7) is 0.876. The largest absolute Gasteiger partial charge is 0.496 e. The van der Waals surface area contributed by atoms with Crippen LogP contribution >= 0.6 is 0 Å². The molecule has 3 heteroatoms. The number of nitrogens with one attached hydrogen (secondary N) is 1. The molecular weight excluding hydrogens is 346 g/mol. The maximum atomic E-state index is 6.51. The van der Waals surface area contributed by atoms with Crippen LogP contribution in [0.3, 0.4) is 0 Å². The summed E-state index contributed by atoms with van der Waals surface area (Å²) >= 11 is 0. The first-order chi connectivity index (χ1) is 13.7. The van der Waals surface area contributed by atoms with Gasteiger partial charge < -0.3 is 14.4 Å². The predicted octanol–water partition coefficient (Wildman–Crippen LogP) is 3.78. The van der Waals surface area contributed by atoms with Crippen LogP contribution in [0.2, 0.25) is 0 Å². The number of benzene rings is 3. The number of methoxy groups -OCH3 is 1. The van der Waals surface area contributed by atoms with Crippen LogP contribution in [0.4, 0.5) is 0 Å². The number of fused-ring (bicyclic) bond motifs is 1. The molecule has 0 bridgehead atoms. The van der Waals surface area contributed by atoms with Gasteiger partial charge in [0.2, 0.25) is 0 Å². The molecule has 3 aromatic carbocycles. The number of hydrogen-bond donors (Lipinski definition) is 1. The molecule has 1 heterocycles. The summed E-state index contributed by atoms with van der Waals surface area (Å²) in [5.41, 5.74) is 4.76. The van der Waals surface area contributed by atoms with Gasteiger partial charge in [0.1, 0.15) is 23.8 Å². The minimum Gasteiger partial charge on any atom is -0.496 e. The number of likely N-dealkylation sites (N-methyl/N-ethyl adjacent to an activating group) is 1.